The Morgan fingerprint density at radius 1 is 1.17 bits per heavy atom. The third-order valence-corrected chi connectivity index (χ3v) is 6.05. The van der Waals surface area contributed by atoms with Gasteiger partial charge in [0.25, 0.3) is 5.56 Å². The molecule has 186 valence electrons. The molecule has 0 radical (unpaired) electrons. The van der Waals surface area contributed by atoms with Crippen molar-refractivity contribution in [2.75, 3.05) is 32.2 Å². The van der Waals surface area contributed by atoms with Crippen molar-refractivity contribution in [1.29, 1.82) is 0 Å². The summed E-state index contributed by atoms with van der Waals surface area (Å²) in [7, 11) is 2.97. The first kappa shape index (κ1) is 26.1. The predicted octanol–water partition coefficient (Wildman–Crippen LogP) is 5.74. The van der Waals surface area contributed by atoms with Crippen molar-refractivity contribution in [1.82, 2.24) is 9.47 Å². The van der Waals surface area contributed by atoms with E-state index in [0.717, 1.165) is 11.6 Å². The van der Waals surface area contributed by atoms with Crippen molar-refractivity contribution in [3.05, 3.63) is 81.9 Å². The van der Waals surface area contributed by atoms with Crippen LogP contribution in [0.25, 0.3) is 16.5 Å². The number of anilines is 1. The molecule has 0 N–H and O–H groups in total. The standard InChI is InChI=1S/C27H31F2N3O3/c1-8-31(18(5)15-35-7)27(34)30(6)24-13-19-20(12-23(24)29)26(33)32(14-21(19)16(2)3)25-17(4)10-9-11-22(25)28/h9-14,16H,5,8,15H2,1-4,6-7H3. The summed E-state index contributed by atoms with van der Waals surface area (Å²) in [5, 5.41) is 0.613. The minimum atomic E-state index is -0.739. The van der Waals surface area contributed by atoms with E-state index in [-0.39, 0.29) is 29.3 Å². The average molecular weight is 484 g/mol. The number of carbonyl (C=O) groups excluding carboxylic acids is 1. The molecule has 0 bridgehead atoms. The van der Waals surface area contributed by atoms with Crippen LogP contribution in [0.5, 0.6) is 0 Å². The molecule has 1 aromatic heterocycles. The van der Waals surface area contributed by atoms with Gasteiger partial charge in [-0.1, -0.05) is 32.6 Å². The maximum atomic E-state index is 15.4. The molecule has 0 atom stereocenters. The van der Waals surface area contributed by atoms with E-state index in [4.69, 9.17) is 4.74 Å². The number of aromatic nitrogens is 1. The molecule has 2 amide bonds. The first-order valence-corrected chi connectivity index (χ1v) is 11.4. The maximum Gasteiger partial charge on any atom is 0.328 e. The van der Waals surface area contributed by atoms with Gasteiger partial charge in [0.1, 0.15) is 11.6 Å². The molecular weight excluding hydrogens is 452 g/mol. The normalized spacial score (nSPS) is 11.2. The highest BCUT2D eigenvalue weighted by Gasteiger charge is 2.25. The number of hydrogen-bond donors (Lipinski definition) is 0. The van der Waals surface area contributed by atoms with Crippen LogP contribution in [0.4, 0.5) is 19.3 Å². The number of hydrogen-bond acceptors (Lipinski definition) is 3. The lowest BCUT2D eigenvalue weighted by atomic mass is 9.97. The molecule has 3 aromatic rings. The van der Waals surface area contributed by atoms with Gasteiger partial charge in [-0.2, -0.15) is 0 Å². The number of likely N-dealkylation sites (N-methyl/N-ethyl adjacent to an activating group) is 1. The van der Waals surface area contributed by atoms with Crippen LogP contribution in [0.2, 0.25) is 0 Å². The van der Waals surface area contributed by atoms with Crippen molar-refractivity contribution in [2.45, 2.75) is 33.6 Å². The minimum Gasteiger partial charge on any atom is -0.378 e. The topological polar surface area (TPSA) is 54.8 Å². The highest BCUT2D eigenvalue weighted by Crippen LogP contribution is 2.31. The number of para-hydroxylation sites is 1. The Morgan fingerprint density at radius 3 is 2.43 bits per heavy atom. The van der Waals surface area contributed by atoms with Gasteiger partial charge in [-0.25, -0.2) is 13.6 Å². The lowest BCUT2D eigenvalue weighted by Gasteiger charge is -2.29. The van der Waals surface area contributed by atoms with E-state index in [1.165, 1.54) is 40.7 Å². The molecule has 6 nitrogen and oxygen atoms in total. The second kappa shape index (κ2) is 10.4. The van der Waals surface area contributed by atoms with Gasteiger partial charge < -0.3 is 4.74 Å². The number of halogens is 2. The molecule has 0 saturated heterocycles. The minimum absolute atomic E-state index is 0.0206. The van der Waals surface area contributed by atoms with Gasteiger partial charge in [-0.15, -0.1) is 0 Å². The summed E-state index contributed by atoms with van der Waals surface area (Å²) < 4.78 is 36.4. The zero-order valence-corrected chi connectivity index (χ0v) is 21.0. The smallest absolute Gasteiger partial charge is 0.328 e. The summed E-state index contributed by atoms with van der Waals surface area (Å²) >= 11 is 0. The Kier molecular flexibility index (Phi) is 7.75. The number of benzene rings is 2. The highest BCUT2D eigenvalue weighted by molar-refractivity contribution is 5.97. The van der Waals surface area contributed by atoms with Gasteiger partial charge in [0.2, 0.25) is 0 Å². The Morgan fingerprint density at radius 2 is 1.86 bits per heavy atom. The zero-order valence-electron chi connectivity index (χ0n) is 21.0. The lowest BCUT2D eigenvalue weighted by Crippen LogP contribution is -2.41. The predicted molar refractivity (Wildman–Crippen MR) is 135 cm³/mol. The van der Waals surface area contributed by atoms with Crippen LogP contribution in [0.3, 0.4) is 0 Å². The summed E-state index contributed by atoms with van der Waals surface area (Å²) in [4.78, 5) is 29.1. The maximum absolute atomic E-state index is 15.4. The van der Waals surface area contributed by atoms with Crippen LogP contribution in [0.15, 0.2) is 53.6 Å². The van der Waals surface area contributed by atoms with E-state index in [0.29, 0.717) is 23.2 Å². The summed E-state index contributed by atoms with van der Waals surface area (Å²) in [6, 6.07) is 6.72. The molecule has 8 heteroatoms. The fourth-order valence-corrected chi connectivity index (χ4v) is 4.21. The van der Waals surface area contributed by atoms with Crippen molar-refractivity contribution in [2.24, 2.45) is 0 Å². The van der Waals surface area contributed by atoms with Crippen molar-refractivity contribution in [3.63, 3.8) is 0 Å². The number of aryl methyl sites for hydroxylation is 1. The molecule has 0 spiro atoms. The van der Waals surface area contributed by atoms with Gasteiger partial charge in [-0.05, 0) is 54.5 Å². The van der Waals surface area contributed by atoms with E-state index in [2.05, 4.69) is 6.58 Å². The van der Waals surface area contributed by atoms with Gasteiger partial charge in [0, 0.05) is 32.6 Å². The monoisotopic (exact) mass is 483 g/mol. The number of fused-ring (bicyclic) bond motifs is 1. The molecule has 1 heterocycles. The zero-order chi connectivity index (χ0) is 26.0. The summed E-state index contributed by atoms with van der Waals surface area (Å²) in [5.74, 6) is -1.35. The Hall–Kier alpha value is -3.52. The molecule has 0 unspecified atom stereocenters. The number of nitrogens with zero attached hydrogens (tertiary/aromatic N) is 3. The van der Waals surface area contributed by atoms with E-state index >= 15 is 4.39 Å². The summed E-state index contributed by atoms with van der Waals surface area (Å²) in [6.07, 6.45) is 1.60. The number of ether oxygens (including phenoxy) is 1. The lowest BCUT2D eigenvalue weighted by molar-refractivity contribution is 0.185. The number of urea groups is 1. The van der Waals surface area contributed by atoms with Crippen LogP contribution in [0, 0.1) is 18.6 Å². The van der Waals surface area contributed by atoms with Gasteiger partial charge in [0.15, 0.2) is 0 Å². The highest BCUT2D eigenvalue weighted by atomic mass is 19.1. The number of carbonyl (C=O) groups is 1. The number of rotatable bonds is 7. The Bertz CT molecular complexity index is 1330. The van der Waals surface area contributed by atoms with Crippen LogP contribution >= 0.6 is 0 Å². The van der Waals surface area contributed by atoms with Crippen LogP contribution in [-0.2, 0) is 4.74 Å². The van der Waals surface area contributed by atoms with Crippen LogP contribution in [0.1, 0.15) is 37.8 Å². The molecule has 0 aliphatic carbocycles. The fraction of sp³-hybridized carbons (Fsp3) is 0.333. The van der Waals surface area contributed by atoms with Crippen molar-refractivity contribution >= 4 is 22.5 Å². The first-order valence-electron chi connectivity index (χ1n) is 11.4. The molecular formula is C27H31F2N3O3. The molecule has 0 aliphatic rings. The Balaban J connectivity index is 2.23. The number of amides is 2. The molecule has 35 heavy (non-hydrogen) atoms. The number of methoxy groups -OCH3 is 1. The second-order valence-corrected chi connectivity index (χ2v) is 8.75. The van der Waals surface area contributed by atoms with Crippen molar-refractivity contribution in [3.8, 4) is 5.69 Å². The van der Waals surface area contributed by atoms with Gasteiger partial charge >= 0.3 is 6.03 Å². The molecule has 0 fully saturated rings. The SMILES string of the molecule is C=C(COC)N(CC)C(=O)N(C)c1cc2c(C(C)C)cn(-c3c(C)cccc3F)c(=O)c2cc1F. The van der Waals surface area contributed by atoms with Gasteiger partial charge in [0.05, 0.1) is 23.4 Å². The van der Waals surface area contributed by atoms with E-state index in [9.17, 15) is 14.0 Å². The fourth-order valence-electron chi connectivity index (χ4n) is 4.21. The molecule has 0 aliphatic heterocycles. The third-order valence-electron chi connectivity index (χ3n) is 6.05. The van der Waals surface area contributed by atoms with Crippen molar-refractivity contribution < 1.29 is 18.3 Å². The van der Waals surface area contributed by atoms with E-state index in [1.807, 2.05) is 13.8 Å². The average Bonchev–Trinajstić information content (AvgIpc) is 2.80. The summed E-state index contributed by atoms with van der Waals surface area (Å²) in [6.45, 7) is 11.7. The van der Waals surface area contributed by atoms with Crippen LogP contribution in [-0.4, -0.2) is 42.8 Å². The molecule has 3 rings (SSSR count). The van der Waals surface area contributed by atoms with E-state index in [1.54, 1.807) is 32.2 Å². The summed E-state index contributed by atoms with van der Waals surface area (Å²) in [5.41, 5.74) is 1.36. The quantitative estimate of drug-likeness (QED) is 0.431. The van der Waals surface area contributed by atoms with E-state index < -0.39 is 23.2 Å². The largest absolute Gasteiger partial charge is 0.378 e. The second-order valence-electron chi connectivity index (χ2n) is 8.75. The van der Waals surface area contributed by atoms with Gasteiger partial charge in [-0.3, -0.25) is 19.2 Å². The first-order chi connectivity index (χ1) is 16.5. The Labute approximate surface area is 204 Å². The van der Waals surface area contributed by atoms with Crippen LogP contribution < -0.4 is 10.5 Å². The molecule has 2 aromatic carbocycles. The molecule has 0 saturated carbocycles. The number of pyridine rings is 1. The third kappa shape index (κ3) is 4.84.